The van der Waals surface area contributed by atoms with Crippen LogP contribution >= 0.6 is 35.7 Å². The van der Waals surface area contributed by atoms with Gasteiger partial charge in [-0.05, 0) is 45.0 Å². The Kier molecular flexibility index (Phi) is 8.13. The van der Waals surface area contributed by atoms with Gasteiger partial charge in [0.1, 0.15) is 0 Å². The molecule has 0 aromatic heterocycles. The summed E-state index contributed by atoms with van der Waals surface area (Å²) in [7, 11) is 6.33. The minimum atomic E-state index is 0. The minimum Gasteiger partial charge on any atom is -0.354 e. The average molecular weight is 426 g/mol. The number of nitrogens with one attached hydrogen (secondary N) is 1. The molecule has 124 valence electrons. The Labute approximate surface area is 151 Å². The first-order valence-electron chi connectivity index (χ1n) is 7.78. The fourth-order valence-electron chi connectivity index (χ4n) is 3.20. The number of hydrogen-bond acceptors (Lipinski definition) is 3. The summed E-state index contributed by atoms with van der Waals surface area (Å²) in [5, 5.41) is 3.64. The molecule has 2 aliphatic heterocycles. The van der Waals surface area contributed by atoms with Gasteiger partial charge >= 0.3 is 0 Å². The Balaban J connectivity index is 0.00000220. The number of nitrogens with zero attached hydrogens (tertiary/aromatic N) is 3. The van der Waals surface area contributed by atoms with Crippen LogP contribution in [0, 0.1) is 5.92 Å². The molecule has 0 saturated carbocycles. The van der Waals surface area contributed by atoms with Crippen LogP contribution in [0.5, 0.6) is 0 Å². The van der Waals surface area contributed by atoms with E-state index in [-0.39, 0.29) is 24.0 Å². The first-order chi connectivity index (χ1) is 9.57. The van der Waals surface area contributed by atoms with Crippen molar-refractivity contribution in [3.63, 3.8) is 0 Å². The van der Waals surface area contributed by atoms with Crippen LogP contribution in [0.15, 0.2) is 4.99 Å². The predicted molar refractivity (Wildman–Crippen MR) is 105 cm³/mol. The van der Waals surface area contributed by atoms with Gasteiger partial charge in [-0.15, -0.1) is 24.0 Å². The quantitative estimate of drug-likeness (QED) is 0.427. The Hall–Kier alpha value is 0.310. The Morgan fingerprint density at radius 3 is 2.76 bits per heavy atom. The van der Waals surface area contributed by atoms with Gasteiger partial charge < -0.3 is 15.1 Å². The van der Waals surface area contributed by atoms with Crippen molar-refractivity contribution < 1.29 is 0 Å². The summed E-state index contributed by atoms with van der Waals surface area (Å²) in [4.78, 5) is 9.33. The van der Waals surface area contributed by atoms with Crippen molar-refractivity contribution in [1.29, 1.82) is 0 Å². The van der Waals surface area contributed by atoms with Crippen molar-refractivity contribution in [1.82, 2.24) is 15.1 Å². The van der Waals surface area contributed by atoms with Gasteiger partial charge in [-0.2, -0.15) is 11.8 Å². The Morgan fingerprint density at radius 2 is 2.24 bits per heavy atom. The summed E-state index contributed by atoms with van der Waals surface area (Å²) >= 11 is 2.07. The molecule has 0 amide bonds. The summed E-state index contributed by atoms with van der Waals surface area (Å²) in [6.07, 6.45) is 3.91. The highest BCUT2D eigenvalue weighted by molar-refractivity contribution is 14.0. The van der Waals surface area contributed by atoms with Crippen LogP contribution in [0.25, 0.3) is 0 Å². The van der Waals surface area contributed by atoms with Crippen LogP contribution in [-0.4, -0.2) is 73.6 Å². The van der Waals surface area contributed by atoms with Crippen LogP contribution < -0.4 is 5.32 Å². The van der Waals surface area contributed by atoms with Crippen LogP contribution in [0.1, 0.15) is 26.2 Å². The van der Waals surface area contributed by atoms with E-state index in [0.29, 0.717) is 5.54 Å². The van der Waals surface area contributed by atoms with Crippen molar-refractivity contribution in [2.75, 3.05) is 52.3 Å². The molecule has 6 heteroatoms. The molecule has 2 unspecified atom stereocenters. The number of halogens is 1. The van der Waals surface area contributed by atoms with Crippen molar-refractivity contribution in [3.05, 3.63) is 0 Å². The molecule has 2 aliphatic rings. The number of aliphatic imine (C=N–C) groups is 1. The lowest BCUT2D eigenvalue weighted by molar-refractivity contribution is 0.179. The van der Waals surface area contributed by atoms with E-state index < -0.39 is 0 Å². The summed E-state index contributed by atoms with van der Waals surface area (Å²) in [6.45, 7) is 5.63. The SMILES string of the molecule is CN=C(NCC1(N(C)C)CCSC1)N1CCCC(C)C1.I. The van der Waals surface area contributed by atoms with Crippen molar-refractivity contribution in [2.24, 2.45) is 10.9 Å². The summed E-state index contributed by atoms with van der Waals surface area (Å²) in [5.74, 6) is 4.38. The van der Waals surface area contributed by atoms with Crippen molar-refractivity contribution >= 4 is 41.7 Å². The molecule has 4 nitrogen and oxygen atoms in total. The number of thioether (sulfide) groups is 1. The third-order valence-electron chi connectivity index (χ3n) is 4.78. The van der Waals surface area contributed by atoms with Gasteiger partial charge in [0, 0.05) is 38.0 Å². The summed E-state index contributed by atoms with van der Waals surface area (Å²) in [5.41, 5.74) is 0.294. The van der Waals surface area contributed by atoms with Crippen LogP contribution in [0.3, 0.4) is 0 Å². The standard InChI is InChI=1S/C15H30N4S.HI/c1-13-6-5-8-19(10-13)14(16-2)17-11-15(18(3)4)7-9-20-12-15;/h13H,5-12H2,1-4H3,(H,16,17);1H. The first kappa shape index (κ1) is 19.4. The molecule has 0 aromatic carbocycles. The van der Waals surface area contributed by atoms with Crippen molar-refractivity contribution in [2.45, 2.75) is 31.7 Å². The van der Waals surface area contributed by atoms with Gasteiger partial charge in [0.05, 0.1) is 0 Å². The zero-order valence-electron chi connectivity index (χ0n) is 13.9. The largest absolute Gasteiger partial charge is 0.354 e. The van der Waals surface area contributed by atoms with Crippen molar-refractivity contribution in [3.8, 4) is 0 Å². The molecular weight excluding hydrogens is 395 g/mol. The lowest BCUT2D eigenvalue weighted by Gasteiger charge is -2.39. The zero-order valence-corrected chi connectivity index (χ0v) is 17.0. The number of hydrogen-bond donors (Lipinski definition) is 1. The second-order valence-electron chi connectivity index (χ2n) is 6.52. The molecule has 2 rings (SSSR count). The highest BCUT2D eigenvalue weighted by Crippen LogP contribution is 2.31. The Morgan fingerprint density at radius 1 is 1.48 bits per heavy atom. The maximum absolute atomic E-state index is 4.50. The molecule has 0 bridgehead atoms. The molecule has 2 fully saturated rings. The molecule has 0 radical (unpaired) electrons. The lowest BCUT2D eigenvalue weighted by atomic mass is 9.97. The third kappa shape index (κ3) is 4.89. The number of piperidine rings is 1. The van der Waals surface area contributed by atoms with Gasteiger partial charge in [-0.3, -0.25) is 4.99 Å². The molecule has 2 heterocycles. The molecule has 2 saturated heterocycles. The topological polar surface area (TPSA) is 30.9 Å². The van der Waals surface area contributed by atoms with E-state index >= 15 is 0 Å². The Bertz CT molecular complexity index is 343. The van der Waals surface area contributed by atoms with E-state index in [9.17, 15) is 0 Å². The van der Waals surface area contributed by atoms with E-state index in [2.05, 4.69) is 52.9 Å². The molecule has 2 atom stereocenters. The normalized spacial score (nSPS) is 30.4. The van der Waals surface area contributed by atoms with Gasteiger partial charge in [-0.25, -0.2) is 0 Å². The number of likely N-dealkylation sites (N-methyl/N-ethyl adjacent to an activating group) is 1. The highest BCUT2D eigenvalue weighted by Gasteiger charge is 2.37. The smallest absolute Gasteiger partial charge is 0.193 e. The predicted octanol–water partition coefficient (Wildman–Crippen LogP) is 2.35. The molecule has 21 heavy (non-hydrogen) atoms. The first-order valence-corrected chi connectivity index (χ1v) is 8.94. The molecule has 0 aromatic rings. The van der Waals surface area contributed by atoms with E-state index in [1.807, 2.05) is 7.05 Å². The van der Waals surface area contributed by atoms with Gasteiger partial charge in [0.15, 0.2) is 5.96 Å². The average Bonchev–Trinajstić information content (AvgIpc) is 2.90. The minimum absolute atomic E-state index is 0. The fourth-order valence-corrected chi connectivity index (χ4v) is 4.76. The monoisotopic (exact) mass is 426 g/mol. The second kappa shape index (κ2) is 8.82. The number of rotatable bonds is 3. The van der Waals surface area contributed by atoms with E-state index in [0.717, 1.165) is 31.5 Å². The fraction of sp³-hybridized carbons (Fsp3) is 0.933. The van der Waals surface area contributed by atoms with E-state index in [1.165, 1.54) is 30.8 Å². The lowest BCUT2D eigenvalue weighted by Crippen LogP contribution is -2.56. The number of guanidine groups is 1. The second-order valence-corrected chi connectivity index (χ2v) is 7.62. The number of likely N-dealkylation sites (tertiary alicyclic amines) is 1. The maximum Gasteiger partial charge on any atom is 0.193 e. The van der Waals surface area contributed by atoms with Crippen LogP contribution in [0.4, 0.5) is 0 Å². The van der Waals surface area contributed by atoms with E-state index in [1.54, 1.807) is 0 Å². The zero-order chi connectivity index (χ0) is 14.6. The third-order valence-corrected chi connectivity index (χ3v) is 6.01. The summed E-state index contributed by atoms with van der Waals surface area (Å²) < 4.78 is 0. The highest BCUT2D eigenvalue weighted by atomic mass is 127. The molecule has 0 aliphatic carbocycles. The van der Waals surface area contributed by atoms with Gasteiger partial charge in [0.2, 0.25) is 0 Å². The van der Waals surface area contributed by atoms with Gasteiger partial charge in [-0.1, -0.05) is 6.92 Å². The molecular formula is C15H31IN4S. The maximum atomic E-state index is 4.50. The molecule has 0 spiro atoms. The molecule has 1 N–H and O–H groups in total. The van der Waals surface area contributed by atoms with Crippen LogP contribution in [0.2, 0.25) is 0 Å². The van der Waals surface area contributed by atoms with Crippen LogP contribution in [-0.2, 0) is 0 Å². The van der Waals surface area contributed by atoms with Gasteiger partial charge in [0.25, 0.3) is 0 Å². The van der Waals surface area contributed by atoms with E-state index in [4.69, 9.17) is 0 Å². The summed E-state index contributed by atoms with van der Waals surface area (Å²) in [6, 6.07) is 0.